The van der Waals surface area contributed by atoms with Crippen molar-refractivity contribution < 1.29 is 5.11 Å². The Bertz CT molecular complexity index is 436. The molecule has 2 rings (SSSR count). The second-order valence-electron chi connectivity index (χ2n) is 3.81. The van der Waals surface area contributed by atoms with Crippen molar-refractivity contribution in [3.05, 3.63) is 53.9 Å². The molecule has 3 nitrogen and oxygen atoms in total. The third-order valence-corrected chi connectivity index (χ3v) is 2.67. The molecule has 0 aliphatic carbocycles. The number of aliphatic hydroxyl groups is 1. The van der Waals surface area contributed by atoms with Gasteiger partial charge in [0.1, 0.15) is 0 Å². The second kappa shape index (κ2) is 4.86. The van der Waals surface area contributed by atoms with Crippen LogP contribution in [0.4, 0.5) is 5.69 Å². The minimum Gasteiger partial charge on any atom is -0.394 e. The Labute approximate surface area is 95.1 Å². The minimum atomic E-state index is -0.0595. The number of anilines is 1. The van der Waals surface area contributed by atoms with Crippen LogP contribution in [0.1, 0.15) is 17.3 Å². The fourth-order valence-electron chi connectivity index (χ4n) is 1.72. The Morgan fingerprint density at radius 2 is 2.00 bits per heavy atom. The molecule has 2 aromatic rings. The molecular formula is C13H16N2O. The number of benzene rings is 1. The number of aromatic nitrogens is 1. The van der Waals surface area contributed by atoms with E-state index >= 15 is 0 Å². The van der Waals surface area contributed by atoms with Gasteiger partial charge in [-0.3, -0.25) is 0 Å². The van der Waals surface area contributed by atoms with Crippen LogP contribution in [-0.4, -0.2) is 16.7 Å². The molecule has 0 bridgehead atoms. The fraction of sp³-hybridized carbons (Fsp3) is 0.231. The van der Waals surface area contributed by atoms with Gasteiger partial charge in [0.05, 0.1) is 18.3 Å². The van der Waals surface area contributed by atoms with Gasteiger partial charge in [0.15, 0.2) is 0 Å². The number of aryl methyl sites for hydroxylation is 1. The minimum absolute atomic E-state index is 0.0595. The molecule has 0 amide bonds. The summed E-state index contributed by atoms with van der Waals surface area (Å²) in [5.74, 6) is 0. The first kappa shape index (κ1) is 10.8. The zero-order chi connectivity index (χ0) is 11.4. The van der Waals surface area contributed by atoms with Gasteiger partial charge in [-0.25, -0.2) is 0 Å². The zero-order valence-electron chi connectivity index (χ0n) is 9.27. The van der Waals surface area contributed by atoms with Gasteiger partial charge in [-0.1, -0.05) is 30.3 Å². The molecule has 1 heterocycles. The maximum atomic E-state index is 9.40. The lowest BCUT2D eigenvalue weighted by atomic mass is 10.1. The number of hydrogen-bond acceptors (Lipinski definition) is 2. The lowest BCUT2D eigenvalue weighted by Gasteiger charge is -2.17. The van der Waals surface area contributed by atoms with Gasteiger partial charge < -0.3 is 15.4 Å². The van der Waals surface area contributed by atoms with Crippen LogP contribution in [0.25, 0.3) is 0 Å². The highest BCUT2D eigenvalue weighted by atomic mass is 16.3. The number of nitrogens with one attached hydrogen (secondary N) is 2. The molecule has 84 valence electrons. The van der Waals surface area contributed by atoms with Crippen molar-refractivity contribution in [2.75, 3.05) is 11.9 Å². The summed E-state index contributed by atoms with van der Waals surface area (Å²) in [5, 5.41) is 12.7. The highest BCUT2D eigenvalue weighted by molar-refractivity contribution is 5.49. The average Bonchev–Trinajstić information content (AvgIpc) is 2.73. The van der Waals surface area contributed by atoms with E-state index in [0.717, 1.165) is 16.9 Å². The fourth-order valence-corrected chi connectivity index (χ4v) is 1.72. The molecule has 3 heteroatoms. The van der Waals surface area contributed by atoms with Crippen LogP contribution in [0.5, 0.6) is 0 Å². The van der Waals surface area contributed by atoms with Gasteiger partial charge in [0.25, 0.3) is 0 Å². The number of hydrogen-bond donors (Lipinski definition) is 3. The average molecular weight is 216 g/mol. The van der Waals surface area contributed by atoms with Crippen LogP contribution in [0, 0.1) is 6.92 Å². The molecule has 0 unspecified atom stereocenters. The topological polar surface area (TPSA) is 48.0 Å². The van der Waals surface area contributed by atoms with Crippen molar-refractivity contribution in [2.45, 2.75) is 13.0 Å². The van der Waals surface area contributed by atoms with Gasteiger partial charge in [-0.15, -0.1) is 0 Å². The van der Waals surface area contributed by atoms with Gasteiger partial charge >= 0.3 is 0 Å². The molecule has 0 spiro atoms. The second-order valence-corrected chi connectivity index (χ2v) is 3.81. The molecule has 1 atom stereocenters. The Kier molecular flexibility index (Phi) is 3.27. The third-order valence-electron chi connectivity index (χ3n) is 2.67. The van der Waals surface area contributed by atoms with Crippen LogP contribution in [0.15, 0.2) is 42.6 Å². The van der Waals surface area contributed by atoms with E-state index in [-0.39, 0.29) is 12.6 Å². The number of rotatable bonds is 4. The van der Waals surface area contributed by atoms with E-state index in [4.69, 9.17) is 0 Å². The standard InChI is InChI=1S/C13H16N2O/c1-10-12(7-8-14-10)15-13(9-16)11-5-3-2-4-6-11/h2-8,13-16H,9H2,1H3/t13-/m1/s1. The lowest BCUT2D eigenvalue weighted by Crippen LogP contribution is -2.14. The van der Waals surface area contributed by atoms with E-state index in [1.807, 2.05) is 49.5 Å². The van der Waals surface area contributed by atoms with Crippen molar-refractivity contribution in [1.29, 1.82) is 0 Å². The summed E-state index contributed by atoms with van der Waals surface area (Å²) in [6, 6.07) is 11.9. The molecule has 0 aliphatic rings. The summed E-state index contributed by atoms with van der Waals surface area (Å²) in [5.41, 5.74) is 3.20. The number of aromatic amines is 1. The lowest BCUT2D eigenvalue weighted by molar-refractivity contribution is 0.276. The Hall–Kier alpha value is -1.74. The summed E-state index contributed by atoms with van der Waals surface area (Å²) in [6.45, 7) is 2.08. The molecule has 0 fully saturated rings. The first-order valence-corrected chi connectivity index (χ1v) is 5.37. The molecule has 1 aromatic heterocycles. The van der Waals surface area contributed by atoms with E-state index < -0.39 is 0 Å². The van der Waals surface area contributed by atoms with Crippen molar-refractivity contribution >= 4 is 5.69 Å². The number of aliphatic hydroxyl groups excluding tert-OH is 1. The first-order chi connectivity index (χ1) is 7.81. The smallest absolute Gasteiger partial charge is 0.0745 e. The van der Waals surface area contributed by atoms with E-state index in [2.05, 4.69) is 10.3 Å². The molecule has 0 radical (unpaired) electrons. The molecule has 16 heavy (non-hydrogen) atoms. The summed E-state index contributed by atoms with van der Waals surface area (Å²) in [4.78, 5) is 3.11. The predicted octanol–water partition coefficient (Wildman–Crippen LogP) is 2.47. The maximum absolute atomic E-state index is 9.40. The molecule has 3 N–H and O–H groups in total. The Balaban J connectivity index is 2.16. The van der Waals surface area contributed by atoms with Crippen LogP contribution >= 0.6 is 0 Å². The van der Waals surface area contributed by atoms with E-state index in [1.165, 1.54) is 0 Å². The first-order valence-electron chi connectivity index (χ1n) is 5.37. The summed E-state index contributed by atoms with van der Waals surface area (Å²) >= 11 is 0. The molecule has 0 saturated heterocycles. The number of H-pyrrole nitrogens is 1. The highest BCUT2D eigenvalue weighted by Crippen LogP contribution is 2.21. The zero-order valence-corrected chi connectivity index (χ0v) is 9.27. The van der Waals surface area contributed by atoms with Gasteiger partial charge in [-0.2, -0.15) is 0 Å². The van der Waals surface area contributed by atoms with Crippen LogP contribution in [-0.2, 0) is 0 Å². The van der Waals surface area contributed by atoms with Crippen LogP contribution in [0.2, 0.25) is 0 Å². The quantitative estimate of drug-likeness (QED) is 0.735. The van der Waals surface area contributed by atoms with E-state index in [0.29, 0.717) is 0 Å². The SMILES string of the molecule is Cc1[nH]ccc1N[C@H](CO)c1ccccc1. The van der Waals surface area contributed by atoms with Gasteiger partial charge in [0.2, 0.25) is 0 Å². The highest BCUT2D eigenvalue weighted by Gasteiger charge is 2.10. The summed E-state index contributed by atoms with van der Waals surface area (Å²) < 4.78 is 0. The Morgan fingerprint density at radius 1 is 1.25 bits per heavy atom. The predicted molar refractivity (Wildman–Crippen MR) is 65.4 cm³/mol. The third kappa shape index (κ3) is 2.25. The normalized spacial score (nSPS) is 12.4. The monoisotopic (exact) mass is 216 g/mol. The molecule has 1 aromatic carbocycles. The van der Waals surface area contributed by atoms with E-state index in [1.54, 1.807) is 0 Å². The molecule has 0 aliphatic heterocycles. The van der Waals surface area contributed by atoms with E-state index in [9.17, 15) is 5.11 Å². The van der Waals surface area contributed by atoms with Crippen LogP contribution < -0.4 is 5.32 Å². The largest absolute Gasteiger partial charge is 0.394 e. The van der Waals surface area contributed by atoms with Crippen LogP contribution in [0.3, 0.4) is 0 Å². The summed E-state index contributed by atoms with van der Waals surface area (Å²) in [6.07, 6.45) is 1.89. The maximum Gasteiger partial charge on any atom is 0.0745 e. The Morgan fingerprint density at radius 3 is 2.56 bits per heavy atom. The van der Waals surface area contributed by atoms with Crippen molar-refractivity contribution in [1.82, 2.24) is 4.98 Å². The van der Waals surface area contributed by atoms with Gasteiger partial charge in [-0.05, 0) is 18.6 Å². The van der Waals surface area contributed by atoms with Crippen molar-refractivity contribution in [2.24, 2.45) is 0 Å². The van der Waals surface area contributed by atoms with Gasteiger partial charge in [0, 0.05) is 11.9 Å². The molecule has 0 saturated carbocycles. The molecular weight excluding hydrogens is 200 g/mol. The van der Waals surface area contributed by atoms with Crippen molar-refractivity contribution in [3.63, 3.8) is 0 Å². The van der Waals surface area contributed by atoms with Crippen molar-refractivity contribution in [3.8, 4) is 0 Å². The summed E-state index contributed by atoms with van der Waals surface area (Å²) in [7, 11) is 0.